The third-order valence-corrected chi connectivity index (χ3v) is 5.25. The number of benzene rings is 2. The number of anilines is 1. The summed E-state index contributed by atoms with van der Waals surface area (Å²) >= 11 is 0. The van der Waals surface area contributed by atoms with E-state index in [4.69, 9.17) is 5.73 Å². The zero-order valence-electron chi connectivity index (χ0n) is 12.5. The SMILES string of the molecule is Cc1cccc(CN(C)S(=O)(=O)c2ccc(C)c(N)c2)c1. The minimum Gasteiger partial charge on any atom is -0.398 e. The zero-order chi connectivity index (χ0) is 15.6. The van der Waals surface area contributed by atoms with Crippen LogP contribution in [0.4, 0.5) is 5.69 Å². The highest BCUT2D eigenvalue weighted by Gasteiger charge is 2.21. The van der Waals surface area contributed by atoms with Crippen molar-refractivity contribution in [2.24, 2.45) is 0 Å². The summed E-state index contributed by atoms with van der Waals surface area (Å²) in [5.74, 6) is 0. The standard InChI is InChI=1S/C16H20N2O2S/c1-12-5-4-6-14(9-12)11-18(3)21(19,20)15-8-7-13(2)16(17)10-15/h4-10H,11,17H2,1-3H3. The molecule has 0 bridgehead atoms. The van der Waals surface area contributed by atoms with E-state index >= 15 is 0 Å². The Morgan fingerprint density at radius 1 is 1.10 bits per heavy atom. The molecular formula is C16H20N2O2S. The normalized spacial score (nSPS) is 11.8. The summed E-state index contributed by atoms with van der Waals surface area (Å²) in [6.45, 7) is 4.17. The van der Waals surface area contributed by atoms with Crippen LogP contribution in [0.1, 0.15) is 16.7 Å². The van der Waals surface area contributed by atoms with Crippen molar-refractivity contribution in [3.8, 4) is 0 Å². The number of sulfonamides is 1. The second-order valence-electron chi connectivity index (χ2n) is 5.27. The third-order valence-electron chi connectivity index (χ3n) is 3.45. The molecule has 2 aromatic rings. The van der Waals surface area contributed by atoms with Crippen molar-refractivity contribution in [1.82, 2.24) is 4.31 Å². The van der Waals surface area contributed by atoms with Crippen LogP contribution in [0.2, 0.25) is 0 Å². The number of nitrogen functional groups attached to an aromatic ring is 1. The van der Waals surface area contributed by atoms with Gasteiger partial charge in [0, 0.05) is 19.3 Å². The van der Waals surface area contributed by atoms with Gasteiger partial charge in [0.2, 0.25) is 10.0 Å². The second kappa shape index (κ2) is 5.87. The predicted octanol–water partition coefficient (Wildman–Crippen LogP) is 2.71. The van der Waals surface area contributed by atoms with Crippen molar-refractivity contribution >= 4 is 15.7 Å². The Balaban J connectivity index is 2.28. The van der Waals surface area contributed by atoms with E-state index in [9.17, 15) is 8.42 Å². The fourth-order valence-corrected chi connectivity index (χ4v) is 3.31. The molecule has 21 heavy (non-hydrogen) atoms. The molecule has 2 aromatic carbocycles. The van der Waals surface area contributed by atoms with Gasteiger partial charge in [-0.3, -0.25) is 0 Å². The van der Waals surface area contributed by atoms with Gasteiger partial charge in [-0.2, -0.15) is 4.31 Å². The first-order valence-corrected chi connectivity index (χ1v) is 8.13. The van der Waals surface area contributed by atoms with E-state index in [1.165, 1.54) is 10.4 Å². The van der Waals surface area contributed by atoms with E-state index < -0.39 is 10.0 Å². The van der Waals surface area contributed by atoms with Gasteiger partial charge in [-0.25, -0.2) is 8.42 Å². The number of nitrogens with zero attached hydrogens (tertiary/aromatic N) is 1. The van der Waals surface area contributed by atoms with Gasteiger partial charge in [0.05, 0.1) is 4.90 Å². The molecule has 0 heterocycles. The number of rotatable bonds is 4. The summed E-state index contributed by atoms with van der Waals surface area (Å²) in [7, 11) is -1.96. The summed E-state index contributed by atoms with van der Waals surface area (Å²) in [5, 5.41) is 0. The van der Waals surface area contributed by atoms with E-state index in [2.05, 4.69) is 0 Å². The Bertz CT molecular complexity index is 755. The van der Waals surface area contributed by atoms with E-state index in [0.717, 1.165) is 16.7 Å². The molecule has 2 N–H and O–H groups in total. The first-order valence-electron chi connectivity index (χ1n) is 6.69. The molecule has 0 unspecified atom stereocenters. The number of hydrogen-bond acceptors (Lipinski definition) is 3. The first-order chi connectivity index (χ1) is 9.80. The average molecular weight is 304 g/mol. The van der Waals surface area contributed by atoms with Crippen LogP contribution in [-0.4, -0.2) is 19.8 Å². The largest absolute Gasteiger partial charge is 0.398 e. The average Bonchev–Trinajstić information content (AvgIpc) is 2.41. The molecule has 5 heteroatoms. The van der Waals surface area contributed by atoms with Gasteiger partial charge in [-0.05, 0) is 37.1 Å². The summed E-state index contributed by atoms with van der Waals surface area (Å²) < 4.78 is 26.4. The molecule has 0 aliphatic heterocycles. The minimum absolute atomic E-state index is 0.223. The summed E-state index contributed by atoms with van der Waals surface area (Å²) in [6.07, 6.45) is 0. The van der Waals surface area contributed by atoms with Crippen molar-refractivity contribution in [3.05, 3.63) is 59.2 Å². The minimum atomic E-state index is -3.54. The van der Waals surface area contributed by atoms with Crippen molar-refractivity contribution in [2.45, 2.75) is 25.3 Å². The first kappa shape index (κ1) is 15.5. The molecule has 0 saturated heterocycles. The van der Waals surface area contributed by atoms with Gasteiger partial charge in [0.15, 0.2) is 0 Å². The van der Waals surface area contributed by atoms with Gasteiger partial charge in [0.1, 0.15) is 0 Å². The zero-order valence-corrected chi connectivity index (χ0v) is 13.3. The lowest BCUT2D eigenvalue weighted by Crippen LogP contribution is -2.26. The number of hydrogen-bond donors (Lipinski definition) is 1. The summed E-state index contributed by atoms with van der Waals surface area (Å²) in [5.41, 5.74) is 9.23. The maximum absolute atomic E-state index is 12.6. The molecule has 4 nitrogen and oxygen atoms in total. The molecule has 0 aliphatic rings. The summed E-state index contributed by atoms with van der Waals surface area (Å²) in [4.78, 5) is 0.223. The highest BCUT2D eigenvalue weighted by Crippen LogP contribution is 2.21. The maximum Gasteiger partial charge on any atom is 0.243 e. The van der Waals surface area contributed by atoms with Crippen molar-refractivity contribution in [2.75, 3.05) is 12.8 Å². The van der Waals surface area contributed by atoms with Gasteiger partial charge >= 0.3 is 0 Å². The van der Waals surface area contributed by atoms with Gasteiger partial charge in [0.25, 0.3) is 0 Å². The molecule has 0 saturated carbocycles. The van der Waals surface area contributed by atoms with Crippen LogP contribution in [0, 0.1) is 13.8 Å². The van der Waals surface area contributed by atoms with Gasteiger partial charge < -0.3 is 5.73 Å². The molecule has 0 fully saturated rings. The molecular weight excluding hydrogens is 284 g/mol. The van der Waals surface area contributed by atoms with Crippen molar-refractivity contribution in [3.63, 3.8) is 0 Å². The highest BCUT2D eigenvalue weighted by atomic mass is 32.2. The monoisotopic (exact) mass is 304 g/mol. The molecule has 0 aromatic heterocycles. The van der Waals surface area contributed by atoms with Gasteiger partial charge in [-0.15, -0.1) is 0 Å². The van der Waals surface area contributed by atoms with Crippen LogP contribution >= 0.6 is 0 Å². The quantitative estimate of drug-likeness (QED) is 0.883. The van der Waals surface area contributed by atoms with E-state index in [1.54, 1.807) is 19.2 Å². The van der Waals surface area contributed by atoms with Crippen molar-refractivity contribution in [1.29, 1.82) is 0 Å². The molecule has 0 amide bonds. The van der Waals surface area contributed by atoms with Crippen LogP contribution in [0.25, 0.3) is 0 Å². The fraction of sp³-hybridized carbons (Fsp3) is 0.250. The Labute approximate surface area is 126 Å². The molecule has 0 atom stereocenters. The number of aryl methyl sites for hydroxylation is 2. The predicted molar refractivity (Wildman–Crippen MR) is 85.4 cm³/mol. The van der Waals surface area contributed by atoms with Crippen molar-refractivity contribution < 1.29 is 8.42 Å². The Hall–Kier alpha value is -1.85. The lowest BCUT2D eigenvalue weighted by Gasteiger charge is -2.18. The van der Waals surface area contributed by atoms with E-state index in [0.29, 0.717) is 12.2 Å². The molecule has 112 valence electrons. The fourth-order valence-electron chi connectivity index (χ4n) is 2.11. The highest BCUT2D eigenvalue weighted by molar-refractivity contribution is 7.89. The Morgan fingerprint density at radius 2 is 1.81 bits per heavy atom. The third kappa shape index (κ3) is 3.43. The lowest BCUT2D eigenvalue weighted by molar-refractivity contribution is 0.466. The molecule has 0 spiro atoms. The van der Waals surface area contributed by atoms with Crippen LogP contribution < -0.4 is 5.73 Å². The molecule has 2 rings (SSSR count). The van der Waals surface area contributed by atoms with Crippen LogP contribution in [-0.2, 0) is 16.6 Å². The van der Waals surface area contributed by atoms with E-state index in [1.807, 2.05) is 38.1 Å². The summed E-state index contributed by atoms with van der Waals surface area (Å²) in [6, 6.07) is 12.6. The number of nitrogens with two attached hydrogens (primary N) is 1. The van der Waals surface area contributed by atoms with Gasteiger partial charge in [-0.1, -0.05) is 35.9 Å². The second-order valence-corrected chi connectivity index (χ2v) is 7.31. The smallest absolute Gasteiger partial charge is 0.243 e. The van der Waals surface area contributed by atoms with E-state index in [-0.39, 0.29) is 4.90 Å². The maximum atomic E-state index is 12.6. The van der Waals surface area contributed by atoms with Crippen LogP contribution in [0.5, 0.6) is 0 Å². The molecule has 0 aliphatic carbocycles. The topological polar surface area (TPSA) is 63.4 Å². The Morgan fingerprint density at radius 3 is 2.43 bits per heavy atom. The molecule has 0 radical (unpaired) electrons. The Kier molecular flexibility index (Phi) is 4.34. The van der Waals surface area contributed by atoms with Crippen LogP contribution in [0.3, 0.4) is 0 Å². The van der Waals surface area contributed by atoms with Crippen LogP contribution in [0.15, 0.2) is 47.4 Å². The lowest BCUT2D eigenvalue weighted by atomic mass is 10.1.